The molecule has 0 bridgehead atoms. The Balaban J connectivity index is 1.66. The first kappa shape index (κ1) is 16.6. The van der Waals surface area contributed by atoms with Crippen molar-refractivity contribution < 1.29 is 0 Å². The van der Waals surface area contributed by atoms with Gasteiger partial charge in [-0.1, -0.05) is 39.0 Å². The number of rotatable bonds is 6. The summed E-state index contributed by atoms with van der Waals surface area (Å²) in [5, 5.41) is 8.89. The zero-order valence-corrected chi connectivity index (χ0v) is 14.5. The van der Waals surface area contributed by atoms with E-state index in [1.807, 2.05) is 30.5 Å². The molecule has 124 valence electrons. The summed E-state index contributed by atoms with van der Waals surface area (Å²) in [5.74, 6) is 1.58. The molecule has 0 aliphatic heterocycles. The molecule has 1 heterocycles. The van der Waals surface area contributed by atoms with Crippen LogP contribution in [0.25, 0.3) is 11.4 Å². The lowest BCUT2D eigenvalue weighted by Crippen LogP contribution is -2.16. The van der Waals surface area contributed by atoms with Gasteiger partial charge < -0.3 is 0 Å². The van der Waals surface area contributed by atoms with Crippen LogP contribution in [0.15, 0.2) is 30.5 Å². The fourth-order valence-corrected chi connectivity index (χ4v) is 3.52. The first-order chi connectivity index (χ1) is 11.8. The Labute approximate surface area is 144 Å². The van der Waals surface area contributed by atoms with Gasteiger partial charge >= 0.3 is 0 Å². The minimum Gasteiger partial charge on any atom is -0.236 e. The lowest BCUT2D eigenvalue weighted by atomic mass is 9.84. The van der Waals surface area contributed by atoms with E-state index in [-0.39, 0.29) is 0 Å². The zero-order valence-electron chi connectivity index (χ0n) is 14.5. The summed E-state index contributed by atoms with van der Waals surface area (Å²) in [5.41, 5.74) is 4.20. The summed E-state index contributed by atoms with van der Waals surface area (Å²) in [7, 11) is 0. The summed E-state index contributed by atoms with van der Waals surface area (Å²) in [6.45, 7) is 2.26. The van der Waals surface area contributed by atoms with Crippen molar-refractivity contribution in [2.45, 2.75) is 58.3 Å². The van der Waals surface area contributed by atoms with Gasteiger partial charge in [0.15, 0.2) is 5.82 Å². The van der Waals surface area contributed by atoms with Gasteiger partial charge in [-0.15, -0.1) is 0 Å². The molecule has 0 N–H and O–H groups in total. The average molecular weight is 319 g/mol. The van der Waals surface area contributed by atoms with Crippen molar-refractivity contribution in [3.63, 3.8) is 0 Å². The van der Waals surface area contributed by atoms with Crippen LogP contribution in [-0.2, 0) is 12.8 Å². The molecule has 1 unspecified atom stereocenters. The maximum Gasteiger partial charge on any atom is 0.159 e. The Morgan fingerprint density at radius 2 is 2.00 bits per heavy atom. The van der Waals surface area contributed by atoms with Crippen LogP contribution in [0.3, 0.4) is 0 Å². The van der Waals surface area contributed by atoms with E-state index in [0.29, 0.717) is 5.56 Å². The monoisotopic (exact) mass is 319 g/mol. The van der Waals surface area contributed by atoms with E-state index in [1.54, 1.807) is 0 Å². The maximum absolute atomic E-state index is 8.89. The molecule has 0 spiro atoms. The lowest BCUT2D eigenvalue weighted by molar-refractivity contribution is 0.401. The summed E-state index contributed by atoms with van der Waals surface area (Å²) in [6, 6.07) is 9.65. The SMILES string of the molecule is CCCCCCC1CCc2nc(-c3ccc(C#N)cc3)ncc2C1. The van der Waals surface area contributed by atoms with Gasteiger partial charge in [0.1, 0.15) is 0 Å². The van der Waals surface area contributed by atoms with Gasteiger partial charge in [0.2, 0.25) is 0 Å². The molecule has 3 rings (SSSR count). The number of aromatic nitrogens is 2. The highest BCUT2D eigenvalue weighted by Gasteiger charge is 2.20. The first-order valence-electron chi connectivity index (χ1n) is 9.15. The minimum absolute atomic E-state index is 0.669. The largest absolute Gasteiger partial charge is 0.236 e. The van der Waals surface area contributed by atoms with Crippen molar-refractivity contribution >= 4 is 0 Å². The van der Waals surface area contributed by atoms with E-state index in [9.17, 15) is 0 Å². The quantitative estimate of drug-likeness (QED) is 0.697. The fraction of sp³-hybridized carbons (Fsp3) is 0.476. The maximum atomic E-state index is 8.89. The van der Waals surface area contributed by atoms with Gasteiger partial charge in [0.25, 0.3) is 0 Å². The molecule has 1 atom stereocenters. The first-order valence-corrected chi connectivity index (χ1v) is 9.15. The van der Waals surface area contributed by atoms with Crippen molar-refractivity contribution in [2.24, 2.45) is 5.92 Å². The Kier molecular flexibility index (Phi) is 5.59. The third kappa shape index (κ3) is 4.00. The van der Waals surface area contributed by atoms with Gasteiger partial charge in [-0.25, -0.2) is 9.97 Å². The van der Waals surface area contributed by atoms with Crippen LogP contribution < -0.4 is 0 Å². The molecule has 1 aromatic heterocycles. The Morgan fingerprint density at radius 3 is 2.75 bits per heavy atom. The fourth-order valence-electron chi connectivity index (χ4n) is 3.52. The summed E-state index contributed by atoms with van der Waals surface area (Å²) in [4.78, 5) is 9.36. The Morgan fingerprint density at radius 1 is 1.17 bits per heavy atom. The van der Waals surface area contributed by atoms with E-state index >= 15 is 0 Å². The number of hydrogen-bond donors (Lipinski definition) is 0. The Bertz CT molecular complexity index is 713. The molecule has 0 amide bonds. The number of fused-ring (bicyclic) bond motifs is 1. The van der Waals surface area contributed by atoms with Crippen molar-refractivity contribution in [3.8, 4) is 17.5 Å². The van der Waals surface area contributed by atoms with E-state index in [2.05, 4.69) is 18.0 Å². The van der Waals surface area contributed by atoms with Gasteiger partial charge in [0.05, 0.1) is 11.6 Å². The second-order valence-electron chi connectivity index (χ2n) is 6.81. The minimum atomic E-state index is 0.669. The van der Waals surface area contributed by atoms with Crippen LogP contribution in [0.5, 0.6) is 0 Å². The number of nitrogens with zero attached hydrogens (tertiary/aromatic N) is 3. The third-order valence-corrected chi connectivity index (χ3v) is 4.99. The predicted molar refractivity (Wildman–Crippen MR) is 96.5 cm³/mol. The molecule has 0 saturated heterocycles. The second-order valence-corrected chi connectivity index (χ2v) is 6.81. The van der Waals surface area contributed by atoms with Crippen LogP contribution >= 0.6 is 0 Å². The normalized spacial score (nSPS) is 16.4. The summed E-state index contributed by atoms with van der Waals surface area (Å²) in [6.07, 6.45) is 12.2. The number of nitriles is 1. The number of unbranched alkanes of at least 4 members (excludes halogenated alkanes) is 3. The number of hydrogen-bond acceptors (Lipinski definition) is 3. The van der Waals surface area contributed by atoms with Crippen LogP contribution in [0.4, 0.5) is 0 Å². The highest BCUT2D eigenvalue weighted by Crippen LogP contribution is 2.29. The smallest absolute Gasteiger partial charge is 0.159 e. The molecule has 1 aromatic carbocycles. The molecule has 24 heavy (non-hydrogen) atoms. The van der Waals surface area contributed by atoms with Gasteiger partial charge in [-0.2, -0.15) is 5.26 Å². The topological polar surface area (TPSA) is 49.6 Å². The van der Waals surface area contributed by atoms with Gasteiger partial charge in [0, 0.05) is 17.5 Å². The lowest BCUT2D eigenvalue weighted by Gasteiger charge is -2.24. The molecule has 0 saturated carbocycles. The molecule has 0 fully saturated rings. The molecule has 1 aliphatic rings. The van der Waals surface area contributed by atoms with Crippen molar-refractivity contribution in [1.29, 1.82) is 5.26 Å². The average Bonchev–Trinajstić information content (AvgIpc) is 2.65. The third-order valence-electron chi connectivity index (χ3n) is 4.99. The molecular formula is C21H25N3. The van der Waals surface area contributed by atoms with Crippen molar-refractivity contribution in [2.75, 3.05) is 0 Å². The van der Waals surface area contributed by atoms with E-state index in [0.717, 1.165) is 30.1 Å². The number of benzene rings is 1. The predicted octanol–water partition coefficient (Wildman–Crippen LogP) is 5.09. The molecule has 1 aliphatic carbocycles. The highest BCUT2D eigenvalue weighted by atomic mass is 14.9. The van der Waals surface area contributed by atoms with Crippen molar-refractivity contribution in [3.05, 3.63) is 47.3 Å². The molecular weight excluding hydrogens is 294 g/mol. The second kappa shape index (κ2) is 8.06. The van der Waals surface area contributed by atoms with Crippen LogP contribution in [0.2, 0.25) is 0 Å². The standard InChI is InChI=1S/C21H25N3/c1-2-3-4-5-6-16-9-12-20-19(13-16)15-23-21(24-20)18-10-7-17(14-22)8-11-18/h7-8,10-11,15-16H,2-6,9,12-13H2,1H3. The van der Waals surface area contributed by atoms with Crippen LogP contribution in [0.1, 0.15) is 62.3 Å². The van der Waals surface area contributed by atoms with Gasteiger partial charge in [-0.05, 0) is 55.0 Å². The zero-order chi connectivity index (χ0) is 16.8. The van der Waals surface area contributed by atoms with Crippen LogP contribution in [-0.4, -0.2) is 9.97 Å². The molecule has 2 aromatic rings. The van der Waals surface area contributed by atoms with E-state index in [4.69, 9.17) is 10.2 Å². The van der Waals surface area contributed by atoms with E-state index in [1.165, 1.54) is 49.8 Å². The molecule has 0 radical (unpaired) electrons. The number of aryl methyl sites for hydroxylation is 1. The summed E-state index contributed by atoms with van der Waals surface area (Å²) >= 11 is 0. The molecule has 3 nitrogen and oxygen atoms in total. The van der Waals surface area contributed by atoms with Crippen molar-refractivity contribution in [1.82, 2.24) is 9.97 Å². The summed E-state index contributed by atoms with van der Waals surface area (Å²) < 4.78 is 0. The Hall–Kier alpha value is -2.21. The van der Waals surface area contributed by atoms with E-state index < -0.39 is 0 Å². The molecule has 3 heteroatoms. The van der Waals surface area contributed by atoms with Gasteiger partial charge in [-0.3, -0.25) is 0 Å². The highest BCUT2D eigenvalue weighted by molar-refractivity contribution is 5.56. The van der Waals surface area contributed by atoms with Crippen LogP contribution in [0, 0.1) is 17.2 Å².